The number of carboxylic acids is 1. The molecule has 2 aliphatic rings. The number of carbonyl (C=O) groups is 2. The highest BCUT2D eigenvalue weighted by Crippen LogP contribution is 2.52. The van der Waals surface area contributed by atoms with E-state index < -0.39 is 5.97 Å². The van der Waals surface area contributed by atoms with Gasteiger partial charge in [-0.15, -0.1) is 0 Å². The van der Waals surface area contributed by atoms with E-state index in [4.69, 9.17) is 5.11 Å². The zero-order valence-electron chi connectivity index (χ0n) is 9.66. The summed E-state index contributed by atoms with van der Waals surface area (Å²) >= 11 is 0. The second-order valence-corrected chi connectivity index (χ2v) is 5.42. The van der Waals surface area contributed by atoms with Crippen molar-refractivity contribution in [2.24, 2.45) is 11.3 Å². The van der Waals surface area contributed by atoms with Crippen LogP contribution in [-0.2, 0) is 9.59 Å². The maximum absolute atomic E-state index is 10.9. The summed E-state index contributed by atoms with van der Waals surface area (Å²) < 4.78 is 0. The average Bonchev–Trinajstić information content (AvgIpc) is 2.15. The standard InChI is InChI=1S/C12H19NO3/c1-8(14)13-10-6-12(7-10)4-2-9(3-5-12)11(15)16/h9-10H,2-7H2,1H3,(H,13,14)(H,15,16). The molecule has 0 saturated heterocycles. The van der Waals surface area contributed by atoms with E-state index in [0.29, 0.717) is 11.5 Å². The van der Waals surface area contributed by atoms with Crippen LogP contribution in [0.4, 0.5) is 0 Å². The Balaban J connectivity index is 1.78. The van der Waals surface area contributed by atoms with Gasteiger partial charge in [0.25, 0.3) is 0 Å². The molecule has 16 heavy (non-hydrogen) atoms. The molecule has 2 saturated carbocycles. The van der Waals surface area contributed by atoms with Gasteiger partial charge in [-0.25, -0.2) is 0 Å². The van der Waals surface area contributed by atoms with E-state index in [2.05, 4.69) is 5.32 Å². The van der Waals surface area contributed by atoms with Crippen molar-refractivity contribution in [2.75, 3.05) is 0 Å². The maximum Gasteiger partial charge on any atom is 0.306 e. The largest absolute Gasteiger partial charge is 0.481 e. The summed E-state index contributed by atoms with van der Waals surface area (Å²) in [6.45, 7) is 1.55. The lowest BCUT2D eigenvalue weighted by molar-refractivity contribution is -0.144. The summed E-state index contributed by atoms with van der Waals surface area (Å²) in [6, 6.07) is 0.332. The minimum Gasteiger partial charge on any atom is -0.481 e. The van der Waals surface area contributed by atoms with Crippen LogP contribution < -0.4 is 5.32 Å². The molecule has 0 aromatic heterocycles. The highest BCUT2D eigenvalue weighted by molar-refractivity contribution is 5.73. The van der Waals surface area contributed by atoms with Gasteiger partial charge >= 0.3 is 5.97 Å². The highest BCUT2D eigenvalue weighted by atomic mass is 16.4. The Bertz CT molecular complexity index is 290. The minimum absolute atomic E-state index is 0.0408. The molecule has 4 heteroatoms. The molecule has 2 N–H and O–H groups in total. The van der Waals surface area contributed by atoms with Gasteiger partial charge in [0.15, 0.2) is 0 Å². The Morgan fingerprint density at radius 1 is 1.25 bits per heavy atom. The zero-order valence-corrected chi connectivity index (χ0v) is 9.66. The number of aliphatic carboxylic acids is 1. The number of carbonyl (C=O) groups excluding carboxylic acids is 1. The van der Waals surface area contributed by atoms with Crippen molar-refractivity contribution in [2.45, 2.75) is 51.5 Å². The van der Waals surface area contributed by atoms with Gasteiger partial charge in [-0.05, 0) is 43.9 Å². The molecule has 0 unspecified atom stereocenters. The van der Waals surface area contributed by atoms with Crippen LogP contribution in [0.3, 0.4) is 0 Å². The topological polar surface area (TPSA) is 66.4 Å². The van der Waals surface area contributed by atoms with Gasteiger partial charge in [0.05, 0.1) is 5.92 Å². The monoisotopic (exact) mass is 225 g/mol. The van der Waals surface area contributed by atoms with Gasteiger partial charge in [0.1, 0.15) is 0 Å². The number of carboxylic acid groups (broad SMARTS) is 1. The molecule has 0 atom stereocenters. The van der Waals surface area contributed by atoms with Crippen LogP contribution in [0.1, 0.15) is 45.4 Å². The molecular weight excluding hydrogens is 206 g/mol. The van der Waals surface area contributed by atoms with E-state index in [-0.39, 0.29) is 11.8 Å². The third kappa shape index (κ3) is 2.20. The summed E-state index contributed by atoms with van der Waals surface area (Å²) in [5.74, 6) is -0.739. The Kier molecular flexibility index (Phi) is 2.91. The fraction of sp³-hybridized carbons (Fsp3) is 0.833. The molecule has 2 aliphatic carbocycles. The van der Waals surface area contributed by atoms with Gasteiger partial charge in [-0.3, -0.25) is 9.59 Å². The van der Waals surface area contributed by atoms with Gasteiger partial charge in [0.2, 0.25) is 5.91 Å². The maximum atomic E-state index is 10.9. The quantitative estimate of drug-likeness (QED) is 0.749. The van der Waals surface area contributed by atoms with Gasteiger partial charge in [0, 0.05) is 13.0 Å². The van der Waals surface area contributed by atoms with Crippen LogP contribution in [0.5, 0.6) is 0 Å². The molecule has 1 amide bonds. The van der Waals surface area contributed by atoms with Crippen molar-refractivity contribution < 1.29 is 14.7 Å². The second-order valence-electron chi connectivity index (χ2n) is 5.42. The van der Waals surface area contributed by atoms with Crippen molar-refractivity contribution in [1.82, 2.24) is 5.32 Å². The van der Waals surface area contributed by atoms with E-state index >= 15 is 0 Å². The van der Waals surface area contributed by atoms with E-state index in [1.807, 2.05) is 0 Å². The SMILES string of the molecule is CC(=O)NC1CC2(CCC(C(=O)O)CC2)C1. The molecule has 0 bridgehead atoms. The molecule has 2 rings (SSSR count). The van der Waals surface area contributed by atoms with Crippen LogP contribution in [0.15, 0.2) is 0 Å². The van der Waals surface area contributed by atoms with E-state index in [1.165, 1.54) is 0 Å². The van der Waals surface area contributed by atoms with Crippen molar-refractivity contribution in [1.29, 1.82) is 0 Å². The Morgan fingerprint density at radius 2 is 1.81 bits per heavy atom. The van der Waals surface area contributed by atoms with Crippen molar-refractivity contribution >= 4 is 11.9 Å². The number of nitrogens with one attached hydrogen (secondary N) is 1. The van der Waals surface area contributed by atoms with Crippen LogP contribution in [0.25, 0.3) is 0 Å². The molecule has 0 radical (unpaired) electrons. The molecule has 2 fully saturated rings. The number of hydrogen-bond acceptors (Lipinski definition) is 2. The highest BCUT2D eigenvalue weighted by Gasteiger charge is 2.47. The summed E-state index contributed by atoms with van der Waals surface area (Å²) in [4.78, 5) is 21.7. The first kappa shape index (κ1) is 11.4. The summed E-state index contributed by atoms with van der Waals surface area (Å²) in [5, 5.41) is 11.8. The first-order chi connectivity index (χ1) is 7.51. The number of hydrogen-bond donors (Lipinski definition) is 2. The fourth-order valence-electron chi connectivity index (χ4n) is 3.26. The molecule has 0 aromatic carbocycles. The Hall–Kier alpha value is -1.06. The van der Waals surface area contributed by atoms with Crippen LogP contribution in [0, 0.1) is 11.3 Å². The van der Waals surface area contributed by atoms with Crippen molar-refractivity contribution in [3.63, 3.8) is 0 Å². The van der Waals surface area contributed by atoms with Crippen molar-refractivity contribution in [3.05, 3.63) is 0 Å². The van der Waals surface area contributed by atoms with E-state index in [9.17, 15) is 9.59 Å². The lowest BCUT2D eigenvalue weighted by atomic mass is 9.57. The number of amides is 1. The van der Waals surface area contributed by atoms with E-state index in [1.54, 1.807) is 6.92 Å². The minimum atomic E-state index is -0.646. The number of rotatable bonds is 2. The molecule has 1 spiro atoms. The normalized spacial score (nSPS) is 37.8. The first-order valence-electron chi connectivity index (χ1n) is 6.01. The van der Waals surface area contributed by atoms with Crippen LogP contribution in [0.2, 0.25) is 0 Å². The molecular formula is C12H19NO3. The van der Waals surface area contributed by atoms with Gasteiger partial charge < -0.3 is 10.4 Å². The third-order valence-electron chi connectivity index (χ3n) is 4.16. The molecule has 0 aliphatic heterocycles. The third-order valence-corrected chi connectivity index (χ3v) is 4.16. The van der Waals surface area contributed by atoms with Crippen LogP contribution in [-0.4, -0.2) is 23.0 Å². The predicted octanol–water partition coefficient (Wildman–Crippen LogP) is 1.55. The lowest BCUT2D eigenvalue weighted by Crippen LogP contribution is -2.51. The molecule has 0 heterocycles. The predicted molar refractivity (Wildman–Crippen MR) is 58.9 cm³/mol. The summed E-state index contributed by atoms with van der Waals surface area (Å²) in [5.41, 5.74) is 0.346. The van der Waals surface area contributed by atoms with Gasteiger partial charge in [-0.2, -0.15) is 0 Å². The lowest BCUT2D eigenvalue weighted by Gasteiger charge is -2.51. The fourth-order valence-corrected chi connectivity index (χ4v) is 3.26. The zero-order chi connectivity index (χ0) is 11.8. The molecule has 4 nitrogen and oxygen atoms in total. The molecule has 0 aromatic rings. The summed E-state index contributed by atoms with van der Waals surface area (Å²) in [7, 11) is 0. The smallest absolute Gasteiger partial charge is 0.306 e. The van der Waals surface area contributed by atoms with Crippen LogP contribution >= 0.6 is 0 Å². The Labute approximate surface area is 95.4 Å². The molecule has 90 valence electrons. The Morgan fingerprint density at radius 3 is 2.25 bits per heavy atom. The van der Waals surface area contributed by atoms with Gasteiger partial charge in [-0.1, -0.05) is 0 Å². The second kappa shape index (κ2) is 4.07. The van der Waals surface area contributed by atoms with Crippen molar-refractivity contribution in [3.8, 4) is 0 Å². The average molecular weight is 225 g/mol. The summed E-state index contributed by atoms with van der Waals surface area (Å²) in [6.07, 6.45) is 5.72. The first-order valence-corrected chi connectivity index (χ1v) is 6.01. The van der Waals surface area contributed by atoms with E-state index in [0.717, 1.165) is 38.5 Å².